The van der Waals surface area contributed by atoms with Crippen LogP contribution in [-0.4, -0.2) is 33.8 Å². The molecule has 0 saturated carbocycles. The molecule has 0 amide bonds. The molecule has 7 heteroatoms. The van der Waals surface area contributed by atoms with Crippen molar-refractivity contribution in [1.29, 1.82) is 5.26 Å². The smallest absolute Gasteiger partial charge is 0.209 e. The second kappa shape index (κ2) is 6.00. The Morgan fingerprint density at radius 1 is 1.50 bits per heavy atom. The van der Waals surface area contributed by atoms with E-state index in [1.54, 1.807) is 18.2 Å². The number of nitriles is 1. The zero-order valence-electron chi connectivity index (χ0n) is 11.1. The molecule has 0 radical (unpaired) electrons. The second-order valence-corrected chi connectivity index (χ2v) is 7.11. The van der Waals surface area contributed by atoms with Crippen LogP contribution in [0.15, 0.2) is 18.2 Å². The fraction of sp³-hybridized carbons (Fsp3) is 0.462. The van der Waals surface area contributed by atoms with Crippen molar-refractivity contribution >= 4 is 27.3 Å². The van der Waals surface area contributed by atoms with Crippen molar-refractivity contribution in [3.8, 4) is 6.07 Å². The van der Waals surface area contributed by atoms with Crippen molar-refractivity contribution in [3.63, 3.8) is 0 Å². The SMILES string of the molecule is CS(=O)(=O)NC1CCCN(c2c(Cl)cccc2C#N)C1. The third-order valence-corrected chi connectivity index (χ3v) is 4.29. The maximum absolute atomic E-state index is 11.3. The summed E-state index contributed by atoms with van der Waals surface area (Å²) < 4.78 is 25.3. The molecule has 0 aromatic heterocycles. The first-order chi connectivity index (χ1) is 9.40. The molecule has 1 fully saturated rings. The van der Waals surface area contributed by atoms with E-state index in [9.17, 15) is 13.7 Å². The van der Waals surface area contributed by atoms with Crippen LogP contribution in [0, 0.1) is 11.3 Å². The number of anilines is 1. The Balaban J connectivity index is 2.24. The minimum Gasteiger partial charge on any atom is -0.368 e. The topological polar surface area (TPSA) is 73.2 Å². The van der Waals surface area contributed by atoms with E-state index in [1.165, 1.54) is 0 Å². The first-order valence-corrected chi connectivity index (χ1v) is 8.58. The number of nitrogens with one attached hydrogen (secondary N) is 1. The number of sulfonamides is 1. The summed E-state index contributed by atoms with van der Waals surface area (Å²) in [6, 6.07) is 7.18. The number of para-hydroxylation sites is 1. The van der Waals surface area contributed by atoms with Crippen molar-refractivity contribution in [2.75, 3.05) is 24.2 Å². The van der Waals surface area contributed by atoms with Gasteiger partial charge in [0.1, 0.15) is 6.07 Å². The van der Waals surface area contributed by atoms with Crippen LogP contribution in [0.25, 0.3) is 0 Å². The van der Waals surface area contributed by atoms with Crippen LogP contribution in [-0.2, 0) is 10.0 Å². The van der Waals surface area contributed by atoms with Crippen molar-refractivity contribution in [3.05, 3.63) is 28.8 Å². The van der Waals surface area contributed by atoms with Gasteiger partial charge in [-0.2, -0.15) is 5.26 Å². The van der Waals surface area contributed by atoms with E-state index in [0.29, 0.717) is 22.8 Å². The summed E-state index contributed by atoms with van der Waals surface area (Å²) in [6.07, 6.45) is 2.79. The van der Waals surface area contributed by atoms with Crippen molar-refractivity contribution in [2.45, 2.75) is 18.9 Å². The van der Waals surface area contributed by atoms with Gasteiger partial charge in [0.25, 0.3) is 0 Å². The third-order valence-electron chi connectivity index (χ3n) is 3.23. The van der Waals surface area contributed by atoms with Gasteiger partial charge >= 0.3 is 0 Å². The number of benzene rings is 1. The number of piperidine rings is 1. The maximum atomic E-state index is 11.3. The Hall–Kier alpha value is -1.29. The molecule has 108 valence electrons. The minimum atomic E-state index is -3.23. The molecule has 1 N–H and O–H groups in total. The Labute approximate surface area is 124 Å². The molecule has 0 spiro atoms. The van der Waals surface area contributed by atoms with Gasteiger partial charge in [-0.3, -0.25) is 0 Å². The molecule has 2 rings (SSSR count). The van der Waals surface area contributed by atoms with Gasteiger partial charge < -0.3 is 4.90 Å². The van der Waals surface area contributed by atoms with Crippen LogP contribution in [0.1, 0.15) is 18.4 Å². The first-order valence-electron chi connectivity index (χ1n) is 6.31. The monoisotopic (exact) mass is 313 g/mol. The molecule has 5 nitrogen and oxygen atoms in total. The highest BCUT2D eigenvalue weighted by atomic mass is 35.5. The van der Waals surface area contributed by atoms with E-state index in [0.717, 1.165) is 25.6 Å². The molecule has 1 aliphatic heterocycles. The molecular weight excluding hydrogens is 298 g/mol. The standard InChI is InChI=1S/C13H16ClN3O2S/c1-20(18,19)16-11-5-3-7-17(9-11)13-10(8-15)4-2-6-12(13)14/h2,4,6,11,16H,3,5,7,9H2,1H3. The molecule has 0 aliphatic carbocycles. The largest absolute Gasteiger partial charge is 0.368 e. The van der Waals surface area contributed by atoms with Gasteiger partial charge in [-0.15, -0.1) is 0 Å². The van der Waals surface area contributed by atoms with Gasteiger partial charge in [0, 0.05) is 19.1 Å². The molecule has 1 aliphatic rings. The zero-order valence-corrected chi connectivity index (χ0v) is 12.7. The van der Waals surface area contributed by atoms with Crippen LogP contribution in [0.3, 0.4) is 0 Å². The molecule has 1 heterocycles. The van der Waals surface area contributed by atoms with Crippen LogP contribution in [0.5, 0.6) is 0 Å². The van der Waals surface area contributed by atoms with Crippen LogP contribution in [0.4, 0.5) is 5.69 Å². The summed E-state index contributed by atoms with van der Waals surface area (Å²) in [5.41, 5.74) is 1.20. The van der Waals surface area contributed by atoms with Crippen LogP contribution in [0.2, 0.25) is 5.02 Å². The van der Waals surface area contributed by atoms with Crippen molar-refractivity contribution < 1.29 is 8.42 Å². The highest BCUT2D eigenvalue weighted by Crippen LogP contribution is 2.31. The zero-order chi connectivity index (χ0) is 14.8. The summed E-state index contributed by atoms with van der Waals surface area (Å²) in [7, 11) is -3.23. The summed E-state index contributed by atoms with van der Waals surface area (Å²) in [6.45, 7) is 1.28. The van der Waals surface area contributed by atoms with E-state index < -0.39 is 10.0 Å². The van der Waals surface area contributed by atoms with Crippen LogP contribution >= 0.6 is 11.6 Å². The van der Waals surface area contributed by atoms with E-state index in [1.807, 2.05) is 4.90 Å². The highest BCUT2D eigenvalue weighted by molar-refractivity contribution is 7.88. The van der Waals surface area contributed by atoms with Gasteiger partial charge in [0.15, 0.2) is 0 Å². The van der Waals surface area contributed by atoms with Crippen molar-refractivity contribution in [2.24, 2.45) is 0 Å². The van der Waals surface area contributed by atoms with Crippen LogP contribution < -0.4 is 9.62 Å². The van der Waals surface area contributed by atoms with E-state index in [4.69, 9.17) is 11.6 Å². The lowest BCUT2D eigenvalue weighted by Gasteiger charge is -2.35. The fourth-order valence-electron chi connectivity index (χ4n) is 2.51. The molecule has 1 atom stereocenters. The Morgan fingerprint density at radius 3 is 2.90 bits per heavy atom. The lowest BCUT2D eigenvalue weighted by molar-refractivity contribution is 0.467. The number of halogens is 1. The van der Waals surface area contributed by atoms with Gasteiger partial charge in [0.05, 0.1) is 22.5 Å². The maximum Gasteiger partial charge on any atom is 0.209 e. The quantitative estimate of drug-likeness (QED) is 0.922. The number of hydrogen-bond donors (Lipinski definition) is 1. The minimum absolute atomic E-state index is 0.151. The number of rotatable bonds is 3. The van der Waals surface area contributed by atoms with Crippen molar-refractivity contribution in [1.82, 2.24) is 4.72 Å². The van der Waals surface area contributed by atoms with Gasteiger partial charge in [-0.05, 0) is 25.0 Å². The predicted molar refractivity (Wildman–Crippen MR) is 79.4 cm³/mol. The summed E-state index contributed by atoms with van der Waals surface area (Å²) >= 11 is 6.19. The molecular formula is C13H16ClN3O2S. The Bertz CT molecular complexity index is 640. The fourth-order valence-corrected chi connectivity index (χ4v) is 3.60. The average molecular weight is 314 g/mol. The predicted octanol–water partition coefficient (Wildman–Crippen LogP) is 1.73. The first kappa shape index (κ1) is 15.1. The lowest BCUT2D eigenvalue weighted by atomic mass is 10.0. The number of nitrogens with zero attached hydrogens (tertiary/aromatic N) is 2. The lowest BCUT2D eigenvalue weighted by Crippen LogP contribution is -2.47. The molecule has 1 aromatic carbocycles. The summed E-state index contributed by atoms with van der Waals surface area (Å²) in [5, 5.41) is 9.70. The van der Waals surface area contributed by atoms with Gasteiger partial charge in [-0.1, -0.05) is 17.7 Å². The summed E-state index contributed by atoms with van der Waals surface area (Å²) in [4.78, 5) is 1.98. The second-order valence-electron chi connectivity index (χ2n) is 4.92. The highest BCUT2D eigenvalue weighted by Gasteiger charge is 2.25. The molecule has 20 heavy (non-hydrogen) atoms. The Kier molecular flexibility index (Phi) is 4.53. The third kappa shape index (κ3) is 3.63. The molecule has 1 unspecified atom stereocenters. The van der Waals surface area contributed by atoms with E-state index in [2.05, 4.69) is 10.8 Å². The normalized spacial score (nSPS) is 19.6. The number of hydrogen-bond acceptors (Lipinski definition) is 4. The van der Waals surface area contributed by atoms with Gasteiger partial charge in [-0.25, -0.2) is 13.1 Å². The summed E-state index contributed by atoms with van der Waals surface area (Å²) in [5.74, 6) is 0. The molecule has 0 bridgehead atoms. The molecule has 1 aromatic rings. The molecule has 1 saturated heterocycles. The Morgan fingerprint density at radius 2 is 2.25 bits per heavy atom. The van der Waals surface area contributed by atoms with Gasteiger partial charge in [0.2, 0.25) is 10.0 Å². The average Bonchev–Trinajstić information content (AvgIpc) is 2.36. The van der Waals surface area contributed by atoms with E-state index >= 15 is 0 Å². The van der Waals surface area contributed by atoms with E-state index in [-0.39, 0.29) is 6.04 Å².